The molecule has 4 nitrogen and oxygen atoms in total. The predicted molar refractivity (Wildman–Crippen MR) is 68.5 cm³/mol. The minimum Gasteiger partial charge on any atom is -0.457 e. The molecule has 0 aliphatic carbocycles. The van der Waals surface area contributed by atoms with Crippen LogP contribution in [-0.4, -0.2) is 15.1 Å². The number of aliphatic hydroxyl groups excluding tert-OH is 1. The molecule has 3 aromatic rings. The molecule has 0 spiro atoms. The summed E-state index contributed by atoms with van der Waals surface area (Å²) >= 11 is 0. The van der Waals surface area contributed by atoms with E-state index >= 15 is 0 Å². The SMILES string of the molecule is OCc1cc(Oc2ccc3[nH]ccc3c2)ccn1. The zero-order valence-electron chi connectivity index (χ0n) is 9.63. The molecular weight excluding hydrogens is 228 g/mol. The Morgan fingerprint density at radius 1 is 1.11 bits per heavy atom. The zero-order valence-corrected chi connectivity index (χ0v) is 9.63. The van der Waals surface area contributed by atoms with Gasteiger partial charge in [-0.3, -0.25) is 4.98 Å². The molecule has 0 radical (unpaired) electrons. The first kappa shape index (κ1) is 10.8. The first-order valence-electron chi connectivity index (χ1n) is 5.66. The number of aromatic amines is 1. The Morgan fingerprint density at radius 3 is 2.89 bits per heavy atom. The van der Waals surface area contributed by atoms with Gasteiger partial charge in [-0.25, -0.2) is 0 Å². The maximum absolute atomic E-state index is 9.02. The summed E-state index contributed by atoms with van der Waals surface area (Å²) in [7, 11) is 0. The van der Waals surface area contributed by atoms with Crippen LogP contribution >= 0.6 is 0 Å². The summed E-state index contributed by atoms with van der Waals surface area (Å²) < 4.78 is 5.73. The van der Waals surface area contributed by atoms with Gasteiger partial charge in [0.25, 0.3) is 0 Å². The van der Waals surface area contributed by atoms with Crippen molar-refractivity contribution in [3.63, 3.8) is 0 Å². The van der Waals surface area contributed by atoms with Gasteiger partial charge in [0, 0.05) is 29.4 Å². The van der Waals surface area contributed by atoms with E-state index in [-0.39, 0.29) is 6.61 Å². The molecule has 0 fully saturated rings. The van der Waals surface area contributed by atoms with Crippen molar-refractivity contribution < 1.29 is 9.84 Å². The van der Waals surface area contributed by atoms with E-state index in [2.05, 4.69) is 9.97 Å². The van der Waals surface area contributed by atoms with Crippen LogP contribution in [0.4, 0.5) is 0 Å². The van der Waals surface area contributed by atoms with Crippen LogP contribution < -0.4 is 4.74 Å². The van der Waals surface area contributed by atoms with Gasteiger partial charge in [-0.15, -0.1) is 0 Å². The first-order chi connectivity index (χ1) is 8.85. The van der Waals surface area contributed by atoms with E-state index < -0.39 is 0 Å². The second-order valence-electron chi connectivity index (χ2n) is 3.97. The fourth-order valence-electron chi connectivity index (χ4n) is 1.84. The molecule has 0 bridgehead atoms. The Hall–Kier alpha value is -2.33. The molecule has 4 heteroatoms. The van der Waals surface area contributed by atoms with Crippen LogP contribution in [0, 0.1) is 0 Å². The second-order valence-corrected chi connectivity index (χ2v) is 3.97. The van der Waals surface area contributed by atoms with Gasteiger partial charge in [0.1, 0.15) is 11.5 Å². The zero-order chi connectivity index (χ0) is 12.4. The highest BCUT2D eigenvalue weighted by molar-refractivity contribution is 5.80. The number of fused-ring (bicyclic) bond motifs is 1. The number of hydrogen-bond donors (Lipinski definition) is 2. The van der Waals surface area contributed by atoms with E-state index in [1.807, 2.05) is 30.5 Å². The molecule has 3 rings (SSSR count). The number of pyridine rings is 1. The van der Waals surface area contributed by atoms with Crippen molar-refractivity contribution in [1.82, 2.24) is 9.97 Å². The molecule has 1 aromatic carbocycles. The van der Waals surface area contributed by atoms with Crippen molar-refractivity contribution in [2.24, 2.45) is 0 Å². The average molecular weight is 240 g/mol. The van der Waals surface area contributed by atoms with Crippen molar-refractivity contribution in [2.75, 3.05) is 0 Å². The summed E-state index contributed by atoms with van der Waals surface area (Å²) in [6.45, 7) is -0.0892. The Morgan fingerprint density at radius 2 is 2.00 bits per heavy atom. The van der Waals surface area contributed by atoms with Crippen LogP contribution in [0.1, 0.15) is 5.69 Å². The molecule has 90 valence electrons. The molecule has 2 aromatic heterocycles. The summed E-state index contributed by atoms with van der Waals surface area (Å²) in [5, 5.41) is 10.1. The van der Waals surface area contributed by atoms with Crippen molar-refractivity contribution in [2.45, 2.75) is 6.61 Å². The van der Waals surface area contributed by atoms with E-state index in [0.29, 0.717) is 11.4 Å². The Balaban J connectivity index is 1.90. The number of H-pyrrole nitrogens is 1. The molecule has 0 aliphatic rings. The lowest BCUT2D eigenvalue weighted by Gasteiger charge is -2.06. The van der Waals surface area contributed by atoms with Crippen LogP contribution in [-0.2, 0) is 6.61 Å². The largest absolute Gasteiger partial charge is 0.457 e. The van der Waals surface area contributed by atoms with Gasteiger partial charge in [-0.05, 0) is 30.3 Å². The molecular formula is C14H12N2O2. The summed E-state index contributed by atoms with van der Waals surface area (Å²) in [6, 6.07) is 11.3. The van der Waals surface area contributed by atoms with Crippen molar-refractivity contribution >= 4 is 10.9 Å². The van der Waals surface area contributed by atoms with Crippen LogP contribution in [0.3, 0.4) is 0 Å². The van der Waals surface area contributed by atoms with Crippen molar-refractivity contribution in [1.29, 1.82) is 0 Å². The summed E-state index contributed by atoms with van der Waals surface area (Å²) in [5.41, 5.74) is 1.67. The molecule has 2 N–H and O–H groups in total. The van der Waals surface area contributed by atoms with Gasteiger partial charge in [0.15, 0.2) is 0 Å². The third-order valence-corrected chi connectivity index (χ3v) is 2.71. The lowest BCUT2D eigenvalue weighted by molar-refractivity contribution is 0.276. The molecule has 0 saturated heterocycles. The number of benzene rings is 1. The van der Waals surface area contributed by atoms with Gasteiger partial charge in [0.2, 0.25) is 0 Å². The third-order valence-electron chi connectivity index (χ3n) is 2.71. The van der Waals surface area contributed by atoms with Crippen molar-refractivity contribution in [3.05, 3.63) is 54.5 Å². The van der Waals surface area contributed by atoms with Crippen molar-refractivity contribution in [3.8, 4) is 11.5 Å². The van der Waals surface area contributed by atoms with Gasteiger partial charge >= 0.3 is 0 Å². The molecule has 2 heterocycles. The van der Waals surface area contributed by atoms with E-state index in [0.717, 1.165) is 16.7 Å². The van der Waals surface area contributed by atoms with Crippen LogP contribution in [0.5, 0.6) is 11.5 Å². The maximum Gasteiger partial charge on any atom is 0.130 e. The Kier molecular flexibility index (Phi) is 2.70. The predicted octanol–water partition coefficient (Wildman–Crippen LogP) is 2.85. The third kappa shape index (κ3) is 2.06. The number of ether oxygens (including phenoxy) is 1. The normalized spacial score (nSPS) is 10.7. The highest BCUT2D eigenvalue weighted by Crippen LogP contribution is 2.25. The van der Waals surface area contributed by atoms with Gasteiger partial charge in [-0.2, -0.15) is 0 Å². The molecule has 0 amide bonds. The lowest BCUT2D eigenvalue weighted by Crippen LogP contribution is -1.90. The number of aromatic nitrogens is 2. The Bertz CT molecular complexity index is 676. The topological polar surface area (TPSA) is 58.1 Å². The minimum atomic E-state index is -0.0892. The fourth-order valence-corrected chi connectivity index (χ4v) is 1.84. The summed E-state index contributed by atoms with van der Waals surface area (Å²) in [5.74, 6) is 1.43. The number of nitrogens with one attached hydrogen (secondary N) is 1. The number of nitrogens with zero attached hydrogens (tertiary/aromatic N) is 1. The van der Waals surface area contributed by atoms with E-state index in [4.69, 9.17) is 9.84 Å². The monoisotopic (exact) mass is 240 g/mol. The molecule has 0 aliphatic heterocycles. The van der Waals surface area contributed by atoms with Crippen LogP contribution in [0.2, 0.25) is 0 Å². The molecule has 0 unspecified atom stereocenters. The number of rotatable bonds is 3. The lowest BCUT2D eigenvalue weighted by atomic mass is 10.2. The summed E-state index contributed by atoms with van der Waals surface area (Å²) in [6.07, 6.45) is 3.51. The Labute approximate surface area is 104 Å². The number of aliphatic hydroxyl groups is 1. The van der Waals surface area contributed by atoms with E-state index in [9.17, 15) is 0 Å². The van der Waals surface area contributed by atoms with Gasteiger partial charge in [-0.1, -0.05) is 0 Å². The molecule has 0 atom stereocenters. The smallest absolute Gasteiger partial charge is 0.130 e. The molecule has 0 saturated carbocycles. The standard InChI is InChI=1S/C14H12N2O2/c17-9-11-8-13(4-6-15-11)18-12-1-2-14-10(7-12)3-5-16-14/h1-8,16-17H,9H2. The highest BCUT2D eigenvalue weighted by Gasteiger charge is 2.01. The van der Waals surface area contributed by atoms with E-state index in [1.165, 1.54) is 0 Å². The van der Waals surface area contributed by atoms with E-state index in [1.54, 1.807) is 18.3 Å². The van der Waals surface area contributed by atoms with Crippen LogP contribution in [0.25, 0.3) is 10.9 Å². The highest BCUT2D eigenvalue weighted by atomic mass is 16.5. The second kappa shape index (κ2) is 4.50. The number of hydrogen-bond acceptors (Lipinski definition) is 3. The van der Waals surface area contributed by atoms with Gasteiger partial charge < -0.3 is 14.8 Å². The van der Waals surface area contributed by atoms with Crippen LogP contribution in [0.15, 0.2) is 48.8 Å². The fraction of sp³-hybridized carbons (Fsp3) is 0.0714. The average Bonchev–Trinajstić information content (AvgIpc) is 2.86. The maximum atomic E-state index is 9.02. The van der Waals surface area contributed by atoms with Gasteiger partial charge in [0.05, 0.1) is 12.3 Å². The molecule has 18 heavy (non-hydrogen) atoms. The summed E-state index contributed by atoms with van der Waals surface area (Å²) in [4.78, 5) is 7.14. The first-order valence-corrected chi connectivity index (χ1v) is 5.66. The quantitative estimate of drug-likeness (QED) is 0.740. The minimum absolute atomic E-state index is 0.0892.